The van der Waals surface area contributed by atoms with Gasteiger partial charge in [-0.1, -0.05) is 48.5 Å². The van der Waals surface area contributed by atoms with E-state index in [9.17, 15) is 14.7 Å². The van der Waals surface area contributed by atoms with Crippen LogP contribution in [0.5, 0.6) is 0 Å². The second-order valence-corrected chi connectivity index (χ2v) is 7.26. The number of amides is 1. The van der Waals surface area contributed by atoms with Crippen LogP contribution in [0.1, 0.15) is 24.0 Å². The molecule has 2 unspecified atom stereocenters. The first-order valence-electron chi connectivity index (χ1n) is 8.93. The predicted molar refractivity (Wildman–Crippen MR) is 98.6 cm³/mol. The van der Waals surface area contributed by atoms with Crippen LogP contribution in [-0.4, -0.2) is 43.0 Å². The van der Waals surface area contributed by atoms with E-state index in [0.29, 0.717) is 0 Å². The second-order valence-electron chi connectivity index (χ2n) is 7.26. The summed E-state index contributed by atoms with van der Waals surface area (Å²) in [5.74, 6) is -1.03. The number of nitrogens with one attached hydrogen (secondary N) is 1. The monoisotopic (exact) mass is 367 g/mol. The highest BCUT2D eigenvalue weighted by molar-refractivity contribution is 5.79. The number of carbonyl (C=O) groups is 2. The van der Waals surface area contributed by atoms with Gasteiger partial charge in [0.25, 0.3) is 0 Å². The molecular formula is C21H21NO5. The molecule has 1 saturated heterocycles. The van der Waals surface area contributed by atoms with Crippen LogP contribution in [0.25, 0.3) is 11.1 Å². The maximum absolute atomic E-state index is 12.3. The average molecular weight is 367 g/mol. The van der Waals surface area contributed by atoms with Gasteiger partial charge < -0.3 is 19.9 Å². The Bertz CT molecular complexity index is 850. The number of hydrogen-bond acceptors (Lipinski definition) is 4. The van der Waals surface area contributed by atoms with E-state index < -0.39 is 23.5 Å². The fourth-order valence-electron chi connectivity index (χ4n) is 3.87. The zero-order chi connectivity index (χ0) is 19.0. The van der Waals surface area contributed by atoms with Gasteiger partial charge in [-0.15, -0.1) is 0 Å². The molecular weight excluding hydrogens is 346 g/mol. The van der Waals surface area contributed by atoms with Gasteiger partial charge in [0.1, 0.15) is 12.0 Å². The molecule has 0 radical (unpaired) electrons. The summed E-state index contributed by atoms with van der Waals surface area (Å²) in [5, 5.41) is 12.1. The predicted octanol–water partition coefficient (Wildman–Crippen LogP) is 3.01. The van der Waals surface area contributed by atoms with E-state index in [1.807, 2.05) is 36.4 Å². The lowest BCUT2D eigenvalue weighted by atomic mass is 9.85. The highest BCUT2D eigenvalue weighted by Gasteiger charge is 2.47. The highest BCUT2D eigenvalue weighted by Crippen LogP contribution is 2.44. The molecule has 2 atom stereocenters. The van der Waals surface area contributed by atoms with Gasteiger partial charge >= 0.3 is 12.1 Å². The topological polar surface area (TPSA) is 84.9 Å². The summed E-state index contributed by atoms with van der Waals surface area (Å²) < 4.78 is 10.7. The molecule has 0 bridgehead atoms. The lowest BCUT2D eigenvalue weighted by molar-refractivity contribution is -0.148. The Morgan fingerprint density at radius 1 is 1.15 bits per heavy atom. The summed E-state index contributed by atoms with van der Waals surface area (Å²) in [6.45, 7) is 1.98. The van der Waals surface area contributed by atoms with Gasteiger partial charge in [0.05, 0.1) is 19.3 Å². The third-order valence-electron chi connectivity index (χ3n) is 5.58. The van der Waals surface area contributed by atoms with Crippen molar-refractivity contribution in [2.45, 2.75) is 18.9 Å². The number of hydrogen-bond donors (Lipinski definition) is 2. The third-order valence-corrected chi connectivity index (χ3v) is 5.58. The third kappa shape index (κ3) is 2.96. The van der Waals surface area contributed by atoms with Crippen LogP contribution in [0, 0.1) is 5.41 Å². The van der Waals surface area contributed by atoms with E-state index >= 15 is 0 Å². The summed E-state index contributed by atoms with van der Waals surface area (Å²) in [7, 11) is 0. The second kappa shape index (κ2) is 6.70. The number of aliphatic carboxylic acids is 1. The Hall–Kier alpha value is -2.86. The molecule has 6 nitrogen and oxygen atoms in total. The number of carboxylic acids is 1. The molecule has 140 valence electrons. The zero-order valence-corrected chi connectivity index (χ0v) is 15.0. The van der Waals surface area contributed by atoms with Crippen LogP contribution in [-0.2, 0) is 14.3 Å². The Morgan fingerprint density at radius 2 is 1.74 bits per heavy atom. The number of benzene rings is 2. The maximum Gasteiger partial charge on any atom is 0.407 e. The first-order chi connectivity index (χ1) is 13.0. The van der Waals surface area contributed by atoms with E-state index in [1.54, 1.807) is 6.92 Å². The first kappa shape index (κ1) is 17.5. The van der Waals surface area contributed by atoms with Crippen molar-refractivity contribution in [1.29, 1.82) is 0 Å². The fraction of sp³-hybridized carbons (Fsp3) is 0.333. The number of ether oxygens (including phenoxy) is 2. The molecule has 2 aliphatic rings. The van der Waals surface area contributed by atoms with E-state index in [-0.39, 0.29) is 25.7 Å². The minimum Gasteiger partial charge on any atom is -0.481 e. The van der Waals surface area contributed by atoms with Crippen molar-refractivity contribution in [2.75, 3.05) is 19.8 Å². The van der Waals surface area contributed by atoms with Crippen LogP contribution < -0.4 is 5.32 Å². The fourth-order valence-corrected chi connectivity index (χ4v) is 3.87. The van der Waals surface area contributed by atoms with E-state index in [2.05, 4.69) is 17.4 Å². The van der Waals surface area contributed by atoms with Crippen LogP contribution in [0.15, 0.2) is 48.5 Å². The minimum atomic E-state index is -1.15. The summed E-state index contributed by atoms with van der Waals surface area (Å²) in [5.41, 5.74) is 3.43. The van der Waals surface area contributed by atoms with Crippen molar-refractivity contribution in [2.24, 2.45) is 5.41 Å². The van der Waals surface area contributed by atoms with Crippen LogP contribution in [0.3, 0.4) is 0 Å². The number of carboxylic acid groups (broad SMARTS) is 1. The Labute approximate surface area is 157 Å². The Balaban J connectivity index is 1.46. The van der Waals surface area contributed by atoms with Crippen molar-refractivity contribution >= 4 is 12.1 Å². The number of fused-ring (bicyclic) bond motifs is 3. The van der Waals surface area contributed by atoms with Gasteiger partial charge in [0, 0.05) is 5.92 Å². The zero-order valence-electron chi connectivity index (χ0n) is 15.0. The molecule has 1 fully saturated rings. The maximum atomic E-state index is 12.3. The molecule has 1 aliphatic heterocycles. The molecule has 6 heteroatoms. The van der Waals surface area contributed by atoms with E-state index in [1.165, 1.54) is 0 Å². The summed E-state index contributed by atoms with van der Waals surface area (Å²) >= 11 is 0. The normalized spacial score (nSPS) is 23.5. The molecule has 0 spiro atoms. The summed E-state index contributed by atoms with van der Waals surface area (Å²) in [6, 6.07) is 15.6. The van der Waals surface area contributed by atoms with Gasteiger partial charge in [-0.3, -0.25) is 4.79 Å². The summed E-state index contributed by atoms with van der Waals surface area (Å²) in [6.07, 6.45) is -0.625. The van der Waals surface area contributed by atoms with Crippen LogP contribution in [0.4, 0.5) is 4.79 Å². The Kier molecular flexibility index (Phi) is 4.36. The number of carbonyl (C=O) groups excluding carboxylic acids is 1. The smallest absolute Gasteiger partial charge is 0.407 e. The van der Waals surface area contributed by atoms with Crippen molar-refractivity contribution in [1.82, 2.24) is 5.32 Å². The molecule has 2 N–H and O–H groups in total. The lowest BCUT2D eigenvalue weighted by Crippen LogP contribution is -2.50. The largest absolute Gasteiger partial charge is 0.481 e. The van der Waals surface area contributed by atoms with Gasteiger partial charge in [0.15, 0.2) is 0 Å². The van der Waals surface area contributed by atoms with Crippen molar-refractivity contribution in [3.63, 3.8) is 0 Å². The summed E-state index contributed by atoms with van der Waals surface area (Å²) in [4.78, 5) is 23.8. The standard InChI is InChI=1S/C21H21NO5/c1-21(19(23)24)12-26-11-18(21)22-20(25)27-10-17-15-8-4-2-6-13(15)14-7-3-5-9-16(14)17/h2-9,17-18H,10-12H2,1H3,(H,22,25)(H,23,24). The molecule has 27 heavy (non-hydrogen) atoms. The van der Waals surface area contributed by atoms with E-state index in [0.717, 1.165) is 22.3 Å². The highest BCUT2D eigenvalue weighted by atomic mass is 16.5. The first-order valence-corrected chi connectivity index (χ1v) is 8.93. The molecule has 0 aromatic heterocycles. The quantitative estimate of drug-likeness (QED) is 0.868. The van der Waals surface area contributed by atoms with Crippen LogP contribution >= 0.6 is 0 Å². The number of rotatable bonds is 4. The average Bonchev–Trinajstić information content (AvgIpc) is 3.19. The molecule has 1 amide bonds. The molecule has 1 heterocycles. The molecule has 1 aliphatic carbocycles. The van der Waals surface area contributed by atoms with E-state index in [4.69, 9.17) is 9.47 Å². The molecule has 2 aromatic rings. The Morgan fingerprint density at radius 3 is 2.33 bits per heavy atom. The number of alkyl carbamates (subject to hydrolysis) is 1. The van der Waals surface area contributed by atoms with Crippen molar-refractivity contribution in [3.8, 4) is 11.1 Å². The van der Waals surface area contributed by atoms with Crippen LogP contribution in [0.2, 0.25) is 0 Å². The molecule has 2 aromatic carbocycles. The molecule has 4 rings (SSSR count). The SMILES string of the molecule is CC1(C(=O)O)COCC1NC(=O)OCC1c2ccccc2-c2ccccc21. The minimum absolute atomic E-state index is 0.0335. The lowest BCUT2D eigenvalue weighted by Gasteiger charge is -2.25. The van der Waals surface area contributed by atoms with Gasteiger partial charge in [-0.2, -0.15) is 0 Å². The van der Waals surface area contributed by atoms with Gasteiger partial charge in [-0.25, -0.2) is 4.79 Å². The van der Waals surface area contributed by atoms with Gasteiger partial charge in [0.2, 0.25) is 0 Å². The van der Waals surface area contributed by atoms with Gasteiger partial charge in [-0.05, 0) is 29.2 Å². The molecule has 0 saturated carbocycles. The van der Waals surface area contributed by atoms with Crippen molar-refractivity contribution in [3.05, 3.63) is 59.7 Å². The van der Waals surface area contributed by atoms with Crippen molar-refractivity contribution < 1.29 is 24.2 Å².